The Bertz CT molecular complexity index is 1250. The van der Waals surface area contributed by atoms with E-state index >= 15 is 0 Å². The molecule has 2 aromatic rings. The highest BCUT2D eigenvalue weighted by Gasteiger charge is 2.40. The molecule has 10 nitrogen and oxygen atoms in total. The maximum Gasteiger partial charge on any atom is 0.262 e. The third-order valence-electron chi connectivity index (χ3n) is 8.31. The summed E-state index contributed by atoms with van der Waals surface area (Å²) in [5, 5.41) is 19.8. The van der Waals surface area contributed by atoms with Crippen molar-refractivity contribution in [3.05, 3.63) is 53.1 Å². The number of amides is 2. The summed E-state index contributed by atoms with van der Waals surface area (Å²) in [6, 6.07) is 11.8. The van der Waals surface area contributed by atoms with Crippen molar-refractivity contribution >= 4 is 25.8 Å². The number of carbonyl (C=O) groups excluding carboxylic acids is 2. The molecule has 1 aliphatic rings. The number of carbonyl (C=O) groups is 2. The van der Waals surface area contributed by atoms with Crippen molar-refractivity contribution in [3.63, 3.8) is 0 Å². The minimum Gasteiger partial charge on any atom is -0.506 e. The lowest BCUT2D eigenvalue weighted by Gasteiger charge is -2.40. The average Bonchev–Trinajstić information content (AvgIpc) is 2.97. The smallest absolute Gasteiger partial charge is 0.262 e. The predicted octanol–water partition coefficient (Wildman–Crippen LogP) is 4.59. The molecule has 0 saturated heterocycles. The van der Waals surface area contributed by atoms with Gasteiger partial charge in [0.25, 0.3) is 5.91 Å². The van der Waals surface area contributed by atoms with E-state index in [-0.39, 0.29) is 41.0 Å². The summed E-state index contributed by atoms with van der Waals surface area (Å²) in [5.74, 6) is 0.108. The number of nitrogens with one attached hydrogen (secondary N) is 3. The zero-order chi connectivity index (χ0) is 32.3. The van der Waals surface area contributed by atoms with Gasteiger partial charge in [-0.25, -0.2) is 0 Å². The Morgan fingerprint density at radius 1 is 1.16 bits per heavy atom. The summed E-state index contributed by atoms with van der Waals surface area (Å²) >= 11 is 0. The molecule has 1 aliphatic heterocycles. The molecule has 0 unspecified atom stereocenters. The molecule has 0 spiro atoms. The summed E-state index contributed by atoms with van der Waals surface area (Å²) in [7, 11) is -0.400. The van der Waals surface area contributed by atoms with Crippen molar-refractivity contribution in [1.29, 1.82) is 0 Å². The summed E-state index contributed by atoms with van der Waals surface area (Å²) in [5.41, 5.74) is 3.53. The monoisotopic (exact) mass is 628 g/mol. The predicted molar refractivity (Wildman–Crippen MR) is 177 cm³/mol. The summed E-state index contributed by atoms with van der Waals surface area (Å²) in [6.07, 6.45) is 0.767. The lowest BCUT2D eigenvalue weighted by molar-refractivity contribution is -0.131. The van der Waals surface area contributed by atoms with Gasteiger partial charge in [0, 0.05) is 38.8 Å². The van der Waals surface area contributed by atoms with E-state index < -0.39 is 8.32 Å². The average molecular weight is 629 g/mol. The van der Waals surface area contributed by atoms with Gasteiger partial charge in [0.05, 0.1) is 25.7 Å². The molecule has 244 valence electrons. The van der Waals surface area contributed by atoms with Crippen molar-refractivity contribution < 1.29 is 28.6 Å². The number of ether oxygens (including phenoxy) is 2. The fraction of sp³-hybridized carbons (Fsp3) is 0.576. The lowest BCUT2D eigenvalue weighted by Crippen LogP contribution is -2.44. The number of anilines is 1. The second-order valence-corrected chi connectivity index (χ2v) is 17.6. The van der Waals surface area contributed by atoms with E-state index in [2.05, 4.69) is 81.0 Å². The van der Waals surface area contributed by atoms with E-state index in [0.717, 1.165) is 25.1 Å². The quantitative estimate of drug-likeness (QED) is 0.114. The number of aromatic hydroxyl groups is 1. The SMILES string of the molecule is CCNCc1cccc(CCOCCC(=O)N(C)CCNC[C@H](O[Si](C)(C)C(C)(C)C)c2ccc(O)c3c2OCC(=O)N3)c1. The molecular weight excluding hydrogens is 576 g/mol. The van der Waals surface area contributed by atoms with E-state index in [9.17, 15) is 14.7 Å². The highest BCUT2D eigenvalue weighted by Crippen LogP contribution is 2.45. The van der Waals surface area contributed by atoms with E-state index in [1.807, 2.05) is 0 Å². The minimum absolute atomic E-state index is 0.0256. The number of likely N-dealkylation sites (N-methyl/N-ethyl adjacent to an activating group) is 1. The Balaban J connectivity index is 1.49. The Kier molecular flexibility index (Phi) is 13.2. The molecule has 1 heterocycles. The first-order valence-corrected chi connectivity index (χ1v) is 18.5. The van der Waals surface area contributed by atoms with Crippen LogP contribution in [-0.4, -0.2) is 83.2 Å². The fourth-order valence-electron chi connectivity index (χ4n) is 4.59. The van der Waals surface area contributed by atoms with Crippen LogP contribution in [0, 0.1) is 0 Å². The zero-order valence-corrected chi connectivity index (χ0v) is 28.5. The maximum atomic E-state index is 12.7. The van der Waals surface area contributed by atoms with Crippen LogP contribution in [0.4, 0.5) is 5.69 Å². The van der Waals surface area contributed by atoms with Crippen molar-refractivity contribution in [3.8, 4) is 11.5 Å². The third-order valence-corrected chi connectivity index (χ3v) is 12.8. The van der Waals surface area contributed by atoms with Gasteiger partial charge in [0.2, 0.25) is 5.91 Å². The first kappa shape index (κ1) is 35.5. The van der Waals surface area contributed by atoms with Crippen molar-refractivity contribution in [1.82, 2.24) is 15.5 Å². The van der Waals surface area contributed by atoms with Crippen LogP contribution in [0.25, 0.3) is 0 Å². The molecule has 4 N–H and O–H groups in total. The largest absolute Gasteiger partial charge is 0.506 e. The molecule has 11 heteroatoms. The van der Waals surface area contributed by atoms with Gasteiger partial charge in [-0.05, 0) is 54.4 Å². The van der Waals surface area contributed by atoms with Gasteiger partial charge >= 0.3 is 0 Å². The highest BCUT2D eigenvalue weighted by molar-refractivity contribution is 6.74. The summed E-state index contributed by atoms with van der Waals surface area (Å²) < 4.78 is 18.4. The van der Waals surface area contributed by atoms with Crippen LogP contribution in [0.3, 0.4) is 0 Å². The number of fused-ring (bicyclic) bond motifs is 1. The highest BCUT2D eigenvalue weighted by atomic mass is 28.4. The zero-order valence-electron chi connectivity index (χ0n) is 27.5. The molecule has 2 aromatic carbocycles. The van der Waals surface area contributed by atoms with E-state index in [1.165, 1.54) is 11.1 Å². The normalized spacial score (nSPS) is 14.0. The lowest BCUT2D eigenvalue weighted by atomic mass is 10.1. The van der Waals surface area contributed by atoms with Crippen molar-refractivity contribution in [2.45, 2.75) is 71.3 Å². The van der Waals surface area contributed by atoms with Crippen LogP contribution in [0.2, 0.25) is 18.1 Å². The van der Waals surface area contributed by atoms with Crippen LogP contribution >= 0.6 is 0 Å². The minimum atomic E-state index is -2.20. The number of phenols is 1. The number of hydrogen-bond donors (Lipinski definition) is 4. The Labute approximate surface area is 264 Å². The molecule has 44 heavy (non-hydrogen) atoms. The number of rotatable bonds is 17. The molecule has 1 atom stereocenters. The van der Waals surface area contributed by atoms with Gasteiger partial charge in [0.1, 0.15) is 11.4 Å². The maximum absolute atomic E-state index is 12.7. The number of phenolic OH excluding ortho intramolecular Hbond substituents is 1. The van der Waals surface area contributed by atoms with Gasteiger partial charge < -0.3 is 39.9 Å². The second kappa shape index (κ2) is 16.4. The van der Waals surface area contributed by atoms with Crippen LogP contribution in [0.1, 0.15) is 56.9 Å². The Morgan fingerprint density at radius 2 is 1.91 bits per heavy atom. The standard InChI is InChI=1S/C33H52N4O6Si/c1-8-34-21-25-11-9-10-24(20-25)14-18-41-19-15-30(40)37(5)17-16-35-22-28(43-44(6,7)33(2,3)4)26-12-13-27(38)31-32(26)42-23-29(39)36-31/h9-13,20,28,34-35,38H,8,14-19,21-23H2,1-7H3,(H,36,39)/t28-/m0/s1. The van der Waals surface area contributed by atoms with Crippen LogP contribution in [0.5, 0.6) is 11.5 Å². The Hall–Kier alpha value is -2.96. The summed E-state index contributed by atoms with van der Waals surface area (Å²) in [6.45, 7) is 17.2. The fourth-order valence-corrected chi connectivity index (χ4v) is 5.87. The molecule has 3 rings (SSSR count). The van der Waals surface area contributed by atoms with Gasteiger partial charge in [-0.2, -0.15) is 0 Å². The van der Waals surface area contributed by atoms with Gasteiger partial charge in [-0.1, -0.05) is 52.0 Å². The molecule has 0 saturated carbocycles. The van der Waals surface area contributed by atoms with Gasteiger partial charge in [-0.3, -0.25) is 9.59 Å². The molecule has 0 radical (unpaired) electrons. The van der Waals surface area contributed by atoms with Gasteiger partial charge in [0.15, 0.2) is 20.7 Å². The molecule has 0 bridgehead atoms. The number of benzene rings is 2. The molecule has 0 fully saturated rings. The van der Waals surface area contributed by atoms with Crippen LogP contribution in [0.15, 0.2) is 36.4 Å². The Morgan fingerprint density at radius 3 is 2.64 bits per heavy atom. The van der Waals surface area contributed by atoms with E-state index in [4.69, 9.17) is 13.9 Å². The topological polar surface area (TPSA) is 121 Å². The van der Waals surface area contributed by atoms with E-state index in [0.29, 0.717) is 45.0 Å². The molecule has 2 amide bonds. The number of nitrogens with zero attached hydrogens (tertiary/aromatic N) is 1. The van der Waals surface area contributed by atoms with E-state index in [1.54, 1.807) is 24.1 Å². The molecule has 0 aromatic heterocycles. The summed E-state index contributed by atoms with van der Waals surface area (Å²) in [4.78, 5) is 26.3. The van der Waals surface area contributed by atoms with Gasteiger partial charge in [-0.15, -0.1) is 0 Å². The molecule has 0 aliphatic carbocycles. The first-order valence-electron chi connectivity index (χ1n) is 15.6. The second-order valence-electron chi connectivity index (χ2n) is 12.8. The number of hydrogen-bond acceptors (Lipinski definition) is 8. The molecular formula is C33H52N4O6Si. The van der Waals surface area contributed by atoms with Crippen LogP contribution < -0.4 is 20.7 Å². The van der Waals surface area contributed by atoms with Crippen molar-refractivity contribution in [2.24, 2.45) is 0 Å². The first-order chi connectivity index (χ1) is 20.8. The van der Waals surface area contributed by atoms with Crippen molar-refractivity contribution in [2.75, 3.05) is 58.4 Å². The third kappa shape index (κ3) is 10.3. The van der Waals surface area contributed by atoms with Crippen LogP contribution in [-0.2, 0) is 31.7 Å².